The van der Waals surface area contributed by atoms with E-state index in [4.69, 9.17) is 4.74 Å². The molecule has 0 radical (unpaired) electrons. The van der Waals surface area contributed by atoms with Gasteiger partial charge < -0.3 is 4.74 Å². The lowest BCUT2D eigenvalue weighted by Crippen LogP contribution is -2.53. The molecule has 3 aliphatic rings. The smallest absolute Gasteiger partial charge is 0.313 e. The van der Waals surface area contributed by atoms with Crippen LogP contribution in [0, 0.1) is 34.5 Å². The van der Waals surface area contributed by atoms with Crippen LogP contribution >= 0.6 is 0 Å². The molecule has 17 heavy (non-hydrogen) atoms. The molecule has 96 valence electrons. The van der Waals surface area contributed by atoms with Crippen molar-refractivity contribution in [1.82, 2.24) is 0 Å². The van der Waals surface area contributed by atoms with Gasteiger partial charge in [0.1, 0.15) is 6.10 Å². The van der Waals surface area contributed by atoms with E-state index in [1.54, 1.807) is 0 Å². The maximum absolute atomic E-state index is 12.4. The second-order valence-corrected chi connectivity index (χ2v) is 7.16. The summed E-state index contributed by atoms with van der Waals surface area (Å²) in [4.78, 5) is 12.4. The third kappa shape index (κ3) is 0.946. The Morgan fingerprint density at radius 2 is 1.76 bits per heavy atom. The molecule has 4 atom stereocenters. The lowest BCUT2D eigenvalue weighted by atomic mass is 9.48. The summed E-state index contributed by atoms with van der Waals surface area (Å²) >= 11 is 0. The van der Waals surface area contributed by atoms with Crippen molar-refractivity contribution in [3.05, 3.63) is 0 Å². The zero-order chi connectivity index (χ0) is 12.6. The summed E-state index contributed by atoms with van der Waals surface area (Å²) in [6.45, 7) is 11.4. The molecule has 2 saturated carbocycles. The summed E-state index contributed by atoms with van der Waals surface area (Å²) in [6.07, 6.45) is 2.56. The first-order valence-electron chi connectivity index (χ1n) is 7.07. The minimum atomic E-state index is -0.219. The Hall–Kier alpha value is -0.530. The fourth-order valence-corrected chi connectivity index (χ4v) is 6.27. The van der Waals surface area contributed by atoms with Crippen LogP contribution in [0.25, 0.3) is 0 Å². The van der Waals surface area contributed by atoms with Crippen molar-refractivity contribution in [2.24, 2.45) is 34.5 Å². The third-order valence-corrected chi connectivity index (χ3v) is 6.41. The van der Waals surface area contributed by atoms with Gasteiger partial charge in [-0.1, -0.05) is 27.7 Å². The van der Waals surface area contributed by atoms with Crippen LogP contribution in [-0.4, -0.2) is 12.1 Å². The second kappa shape index (κ2) is 3.07. The normalized spacial score (nSPS) is 46.1. The first kappa shape index (κ1) is 11.6. The van der Waals surface area contributed by atoms with Gasteiger partial charge in [-0.25, -0.2) is 0 Å². The Bertz CT molecular complexity index is 363. The first-order valence-corrected chi connectivity index (χ1v) is 7.07. The number of rotatable bonds is 2. The summed E-state index contributed by atoms with van der Waals surface area (Å²) in [7, 11) is 0. The summed E-state index contributed by atoms with van der Waals surface area (Å²) in [5.74, 6) is 2.37. The van der Waals surface area contributed by atoms with Gasteiger partial charge in [0.25, 0.3) is 0 Å². The molecule has 3 rings (SSSR count). The Kier molecular flexibility index (Phi) is 2.09. The SMILES string of the molecule is CC(C)C1(C(C)C)C2CC3OC(=O)C1(C)C3C2. The van der Waals surface area contributed by atoms with Gasteiger partial charge in [0, 0.05) is 5.92 Å². The molecule has 0 aromatic rings. The van der Waals surface area contributed by atoms with Gasteiger partial charge in [0.2, 0.25) is 0 Å². The predicted molar refractivity (Wildman–Crippen MR) is 66.3 cm³/mol. The lowest BCUT2D eigenvalue weighted by molar-refractivity contribution is -0.157. The van der Waals surface area contributed by atoms with Crippen molar-refractivity contribution >= 4 is 5.97 Å². The average molecular weight is 236 g/mol. The summed E-state index contributed by atoms with van der Waals surface area (Å²) in [6, 6.07) is 0. The van der Waals surface area contributed by atoms with Crippen molar-refractivity contribution < 1.29 is 9.53 Å². The minimum Gasteiger partial charge on any atom is -0.462 e. The number of ether oxygens (including phenoxy) is 1. The molecule has 0 spiro atoms. The number of carbonyl (C=O) groups is 1. The molecule has 3 fully saturated rings. The summed E-state index contributed by atoms with van der Waals surface area (Å²) < 4.78 is 5.66. The number of hydrogen-bond donors (Lipinski definition) is 0. The highest BCUT2D eigenvalue weighted by atomic mass is 16.6. The van der Waals surface area contributed by atoms with Crippen molar-refractivity contribution in [3.8, 4) is 0 Å². The largest absolute Gasteiger partial charge is 0.462 e. The molecular formula is C15H24O2. The van der Waals surface area contributed by atoms with Crippen LogP contribution < -0.4 is 0 Å². The van der Waals surface area contributed by atoms with Crippen LogP contribution in [0.2, 0.25) is 0 Å². The quantitative estimate of drug-likeness (QED) is 0.688. The molecule has 2 nitrogen and oxygen atoms in total. The van der Waals surface area contributed by atoms with Gasteiger partial charge >= 0.3 is 5.97 Å². The van der Waals surface area contributed by atoms with Crippen LogP contribution in [0.15, 0.2) is 0 Å². The van der Waals surface area contributed by atoms with Crippen molar-refractivity contribution in [3.63, 3.8) is 0 Å². The monoisotopic (exact) mass is 236 g/mol. The molecule has 1 aliphatic heterocycles. The van der Waals surface area contributed by atoms with Crippen molar-refractivity contribution in [2.45, 2.75) is 53.6 Å². The minimum absolute atomic E-state index is 0.0925. The summed E-state index contributed by atoms with van der Waals surface area (Å²) in [5.41, 5.74) is -0.0648. The maximum Gasteiger partial charge on any atom is 0.313 e. The van der Waals surface area contributed by atoms with Crippen molar-refractivity contribution in [1.29, 1.82) is 0 Å². The van der Waals surface area contributed by atoms with Crippen LogP contribution in [0.1, 0.15) is 47.5 Å². The van der Waals surface area contributed by atoms with Gasteiger partial charge in [-0.2, -0.15) is 0 Å². The van der Waals surface area contributed by atoms with E-state index in [0.717, 1.165) is 6.42 Å². The molecule has 0 aromatic carbocycles. The van der Waals surface area contributed by atoms with Crippen LogP contribution in [0.3, 0.4) is 0 Å². The Morgan fingerprint density at radius 1 is 1.18 bits per heavy atom. The first-order chi connectivity index (χ1) is 7.86. The average Bonchev–Trinajstić information content (AvgIpc) is 2.75. The molecule has 4 unspecified atom stereocenters. The zero-order valence-electron chi connectivity index (χ0n) is 11.6. The number of fused-ring (bicyclic) bond motifs is 1. The van der Waals surface area contributed by atoms with E-state index in [1.165, 1.54) is 6.42 Å². The van der Waals surface area contributed by atoms with E-state index in [9.17, 15) is 4.79 Å². The highest BCUT2D eigenvalue weighted by Crippen LogP contribution is 2.75. The topological polar surface area (TPSA) is 26.3 Å². The molecule has 0 N–H and O–H groups in total. The second-order valence-electron chi connectivity index (χ2n) is 7.16. The Balaban J connectivity index is 2.20. The molecule has 2 heteroatoms. The van der Waals surface area contributed by atoms with E-state index in [0.29, 0.717) is 23.7 Å². The highest BCUT2D eigenvalue weighted by Gasteiger charge is 2.77. The molecule has 1 heterocycles. The maximum atomic E-state index is 12.4. The molecular weight excluding hydrogens is 212 g/mol. The van der Waals surface area contributed by atoms with E-state index in [1.807, 2.05) is 0 Å². The van der Waals surface area contributed by atoms with Gasteiger partial charge in [-0.3, -0.25) is 4.79 Å². The fraction of sp³-hybridized carbons (Fsp3) is 0.933. The van der Waals surface area contributed by atoms with Crippen LogP contribution in [0.5, 0.6) is 0 Å². The van der Waals surface area contributed by atoms with Gasteiger partial charge in [-0.05, 0) is 42.9 Å². The predicted octanol–water partition coefficient (Wildman–Crippen LogP) is 3.26. The Morgan fingerprint density at radius 3 is 2.29 bits per heavy atom. The van der Waals surface area contributed by atoms with Gasteiger partial charge in [0.15, 0.2) is 0 Å². The molecule has 1 saturated heterocycles. The number of hydrogen-bond acceptors (Lipinski definition) is 2. The standard InChI is InChI=1S/C15H24O2/c1-8(2)15(9(3)4)10-6-11-12(7-10)17-13(16)14(11,15)5/h8-12H,6-7H2,1-5H3. The van der Waals surface area contributed by atoms with Gasteiger partial charge in [-0.15, -0.1) is 0 Å². The Labute approximate surface area is 104 Å². The number of esters is 1. The fourth-order valence-electron chi connectivity index (χ4n) is 6.27. The molecule has 0 aromatic heterocycles. The molecule has 0 amide bonds. The van der Waals surface area contributed by atoms with Gasteiger partial charge in [0.05, 0.1) is 5.41 Å². The van der Waals surface area contributed by atoms with E-state index >= 15 is 0 Å². The van der Waals surface area contributed by atoms with Crippen LogP contribution in [0.4, 0.5) is 0 Å². The highest BCUT2D eigenvalue weighted by molar-refractivity contribution is 5.82. The van der Waals surface area contributed by atoms with Crippen molar-refractivity contribution in [2.75, 3.05) is 0 Å². The summed E-state index contributed by atoms with van der Waals surface area (Å²) in [5, 5.41) is 0. The van der Waals surface area contributed by atoms with E-state index in [2.05, 4.69) is 34.6 Å². The van der Waals surface area contributed by atoms with E-state index < -0.39 is 0 Å². The third-order valence-electron chi connectivity index (χ3n) is 6.41. The molecule has 2 aliphatic carbocycles. The zero-order valence-corrected chi connectivity index (χ0v) is 11.6. The lowest BCUT2D eigenvalue weighted by Gasteiger charge is -2.52. The van der Waals surface area contributed by atoms with Crippen LogP contribution in [-0.2, 0) is 9.53 Å². The molecule has 2 bridgehead atoms. The number of carbonyl (C=O) groups excluding carboxylic acids is 1. The van der Waals surface area contributed by atoms with E-state index in [-0.39, 0.29) is 22.9 Å².